The van der Waals surface area contributed by atoms with Gasteiger partial charge in [-0.05, 0) is 29.5 Å². The summed E-state index contributed by atoms with van der Waals surface area (Å²) in [6.07, 6.45) is 3.63. The second-order valence-corrected chi connectivity index (χ2v) is 4.95. The van der Waals surface area contributed by atoms with Crippen LogP contribution in [-0.4, -0.2) is 17.0 Å². The van der Waals surface area contributed by atoms with E-state index < -0.39 is 5.97 Å². The van der Waals surface area contributed by atoms with Crippen molar-refractivity contribution in [3.8, 4) is 0 Å². The van der Waals surface area contributed by atoms with E-state index in [9.17, 15) is 9.59 Å². The molecule has 0 spiro atoms. The summed E-state index contributed by atoms with van der Waals surface area (Å²) >= 11 is 0. The van der Waals surface area contributed by atoms with Crippen molar-refractivity contribution in [1.29, 1.82) is 0 Å². The fourth-order valence-electron chi connectivity index (χ4n) is 1.92. The molecule has 2 N–H and O–H groups in total. The van der Waals surface area contributed by atoms with Crippen molar-refractivity contribution in [2.45, 2.75) is 19.9 Å². The van der Waals surface area contributed by atoms with Gasteiger partial charge in [-0.3, -0.25) is 4.79 Å². The lowest BCUT2D eigenvalue weighted by atomic mass is 10.1. The second kappa shape index (κ2) is 5.69. The zero-order valence-corrected chi connectivity index (χ0v) is 10.8. The first-order chi connectivity index (χ1) is 9.06. The Balaban J connectivity index is 1.85. The van der Waals surface area contributed by atoms with Gasteiger partial charge in [0.05, 0.1) is 0 Å². The van der Waals surface area contributed by atoms with Gasteiger partial charge in [0.25, 0.3) is 0 Å². The van der Waals surface area contributed by atoms with Gasteiger partial charge in [0.1, 0.15) is 0 Å². The first-order valence-electron chi connectivity index (χ1n) is 6.34. The molecule has 1 fully saturated rings. The third kappa shape index (κ3) is 3.95. The van der Waals surface area contributed by atoms with Crippen LogP contribution in [0.2, 0.25) is 0 Å². The molecule has 0 aromatic heterocycles. The highest BCUT2D eigenvalue weighted by Gasteiger charge is 2.38. The zero-order valence-electron chi connectivity index (χ0n) is 10.8. The number of hydrogen-bond acceptors (Lipinski definition) is 2. The zero-order chi connectivity index (χ0) is 13.8. The van der Waals surface area contributed by atoms with E-state index in [0.29, 0.717) is 12.5 Å². The van der Waals surface area contributed by atoms with E-state index >= 15 is 0 Å². The van der Waals surface area contributed by atoms with Crippen LogP contribution in [0.1, 0.15) is 24.5 Å². The number of aliphatic carboxylic acids is 1. The molecule has 1 aliphatic rings. The maximum atomic E-state index is 11.6. The summed E-state index contributed by atoms with van der Waals surface area (Å²) in [5, 5.41) is 11.4. The van der Waals surface area contributed by atoms with Gasteiger partial charge in [0.2, 0.25) is 5.91 Å². The fourth-order valence-corrected chi connectivity index (χ4v) is 1.92. The van der Waals surface area contributed by atoms with E-state index in [-0.39, 0.29) is 11.8 Å². The van der Waals surface area contributed by atoms with E-state index in [4.69, 9.17) is 5.11 Å². The lowest BCUT2D eigenvalue weighted by Crippen LogP contribution is -2.24. The number of carbonyl (C=O) groups excluding carboxylic acids is 1. The summed E-state index contributed by atoms with van der Waals surface area (Å²) in [6, 6.07) is 7.44. The molecule has 0 saturated heterocycles. The highest BCUT2D eigenvalue weighted by Crippen LogP contribution is 2.37. The number of nitrogens with one attached hydrogen (secondary N) is 1. The molecule has 1 aromatic carbocycles. The summed E-state index contributed by atoms with van der Waals surface area (Å²) in [5.41, 5.74) is 1.84. The van der Waals surface area contributed by atoms with Gasteiger partial charge in [0, 0.05) is 18.5 Å². The van der Waals surface area contributed by atoms with Crippen LogP contribution in [0.5, 0.6) is 0 Å². The van der Waals surface area contributed by atoms with Crippen LogP contribution >= 0.6 is 0 Å². The maximum absolute atomic E-state index is 11.6. The van der Waals surface area contributed by atoms with Gasteiger partial charge >= 0.3 is 5.97 Å². The number of carboxylic acids is 1. The predicted molar refractivity (Wildman–Crippen MR) is 72.2 cm³/mol. The van der Waals surface area contributed by atoms with Gasteiger partial charge in [-0.2, -0.15) is 0 Å². The number of benzene rings is 1. The van der Waals surface area contributed by atoms with Crippen molar-refractivity contribution in [2.75, 3.05) is 0 Å². The van der Waals surface area contributed by atoms with Crippen LogP contribution in [0.15, 0.2) is 30.3 Å². The van der Waals surface area contributed by atoms with Crippen molar-refractivity contribution >= 4 is 18.0 Å². The largest absolute Gasteiger partial charge is 0.478 e. The highest BCUT2D eigenvalue weighted by molar-refractivity contribution is 5.85. The number of carboxylic acid groups (broad SMARTS) is 1. The van der Waals surface area contributed by atoms with Crippen molar-refractivity contribution < 1.29 is 14.7 Å². The average Bonchev–Trinajstić information content (AvgIpc) is 3.12. The number of amides is 1. The normalized spacial score (nSPS) is 21.3. The van der Waals surface area contributed by atoms with Crippen molar-refractivity contribution in [1.82, 2.24) is 5.32 Å². The molecule has 0 bridgehead atoms. The summed E-state index contributed by atoms with van der Waals surface area (Å²) < 4.78 is 0. The first kappa shape index (κ1) is 13.3. The Kier molecular flexibility index (Phi) is 4.00. The molecular weight excluding hydrogens is 242 g/mol. The Morgan fingerprint density at radius 3 is 2.53 bits per heavy atom. The quantitative estimate of drug-likeness (QED) is 0.795. The molecule has 4 nitrogen and oxygen atoms in total. The molecule has 1 saturated carbocycles. The SMILES string of the molecule is CC1CC1C(=O)NCc1ccc(C=CC(=O)O)cc1. The molecule has 1 amide bonds. The van der Waals surface area contributed by atoms with Crippen LogP contribution in [0, 0.1) is 11.8 Å². The number of carbonyl (C=O) groups is 2. The van der Waals surface area contributed by atoms with Crippen molar-refractivity contribution in [2.24, 2.45) is 11.8 Å². The molecule has 0 radical (unpaired) electrons. The Labute approximate surface area is 112 Å². The van der Waals surface area contributed by atoms with E-state index in [1.54, 1.807) is 0 Å². The van der Waals surface area contributed by atoms with Crippen molar-refractivity contribution in [3.63, 3.8) is 0 Å². The smallest absolute Gasteiger partial charge is 0.328 e. The summed E-state index contributed by atoms with van der Waals surface area (Å²) in [7, 11) is 0. The van der Waals surface area contributed by atoms with Gasteiger partial charge in [-0.15, -0.1) is 0 Å². The highest BCUT2D eigenvalue weighted by atomic mass is 16.4. The van der Waals surface area contributed by atoms with E-state index in [0.717, 1.165) is 23.6 Å². The van der Waals surface area contributed by atoms with Gasteiger partial charge < -0.3 is 10.4 Å². The minimum absolute atomic E-state index is 0.127. The molecule has 2 atom stereocenters. The van der Waals surface area contributed by atoms with Crippen LogP contribution in [0.4, 0.5) is 0 Å². The van der Waals surface area contributed by atoms with Crippen LogP contribution in [0.3, 0.4) is 0 Å². The summed E-state index contributed by atoms with van der Waals surface area (Å²) in [5.74, 6) is -0.126. The fraction of sp³-hybridized carbons (Fsp3) is 0.333. The number of hydrogen-bond donors (Lipinski definition) is 2. The molecule has 1 aromatic rings. The number of rotatable bonds is 5. The monoisotopic (exact) mass is 259 g/mol. The van der Waals surface area contributed by atoms with Crippen LogP contribution in [-0.2, 0) is 16.1 Å². The first-order valence-corrected chi connectivity index (χ1v) is 6.34. The van der Waals surface area contributed by atoms with E-state index in [2.05, 4.69) is 12.2 Å². The molecule has 1 aliphatic carbocycles. The Morgan fingerprint density at radius 1 is 1.37 bits per heavy atom. The van der Waals surface area contributed by atoms with Crippen LogP contribution in [0.25, 0.3) is 6.08 Å². The molecule has 0 aliphatic heterocycles. The minimum atomic E-state index is -0.963. The lowest BCUT2D eigenvalue weighted by Gasteiger charge is -2.05. The lowest BCUT2D eigenvalue weighted by molar-refractivity contribution is -0.131. The Hall–Kier alpha value is -2.10. The molecular formula is C15H17NO3. The van der Waals surface area contributed by atoms with Gasteiger partial charge in [0.15, 0.2) is 0 Å². The van der Waals surface area contributed by atoms with Gasteiger partial charge in [-0.1, -0.05) is 31.2 Å². The topological polar surface area (TPSA) is 66.4 Å². The summed E-state index contributed by atoms with van der Waals surface area (Å²) in [4.78, 5) is 22.0. The third-order valence-corrected chi connectivity index (χ3v) is 3.31. The van der Waals surface area contributed by atoms with Crippen LogP contribution < -0.4 is 5.32 Å². The molecule has 2 rings (SSSR count). The van der Waals surface area contributed by atoms with Crippen molar-refractivity contribution in [3.05, 3.63) is 41.5 Å². The second-order valence-electron chi connectivity index (χ2n) is 4.95. The Bertz CT molecular complexity index is 505. The summed E-state index contributed by atoms with van der Waals surface area (Å²) in [6.45, 7) is 2.60. The maximum Gasteiger partial charge on any atom is 0.328 e. The molecule has 19 heavy (non-hydrogen) atoms. The van der Waals surface area contributed by atoms with E-state index in [1.165, 1.54) is 6.08 Å². The Morgan fingerprint density at radius 2 is 2.00 bits per heavy atom. The minimum Gasteiger partial charge on any atom is -0.478 e. The van der Waals surface area contributed by atoms with E-state index in [1.807, 2.05) is 24.3 Å². The predicted octanol–water partition coefficient (Wildman–Crippen LogP) is 2.06. The third-order valence-electron chi connectivity index (χ3n) is 3.31. The molecule has 2 unspecified atom stereocenters. The van der Waals surface area contributed by atoms with Gasteiger partial charge in [-0.25, -0.2) is 4.79 Å². The molecule has 4 heteroatoms. The average molecular weight is 259 g/mol. The molecule has 0 heterocycles. The molecule has 100 valence electrons. The standard InChI is InChI=1S/C15H17NO3/c1-10-8-13(10)15(19)16-9-12-4-2-11(3-5-12)6-7-14(17)18/h2-7,10,13H,8-9H2,1H3,(H,16,19)(H,17,18).